The monoisotopic (exact) mass is 398 g/mol. The molecule has 0 saturated carbocycles. The van der Waals surface area contributed by atoms with E-state index in [0.717, 1.165) is 25.2 Å². The summed E-state index contributed by atoms with van der Waals surface area (Å²) < 4.78 is 0. The van der Waals surface area contributed by atoms with E-state index < -0.39 is 11.9 Å². The largest absolute Gasteiger partial charge is 0.503 e. The first kappa shape index (κ1) is 21.6. The van der Waals surface area contributed by atoms with Crippen LogP contribution in [0.2, 0.25) is 0 Å². The van der Waals surface area contributed by atoms with Gasteiger partial charge in [-0.25, -0.2) is 0 Å². The van der Waals surface area contributed by atoms with Gasteiger partial charge in [-0.3, -0.25) is 9.59 Å². The molecule has 1 saturated heterocycles. The Bertz CT molecular complexity index is 774. The second kappa shape index (κ2) is 9.12. The van der Waals surface area contributed by atoms with E-state index in [9.17, 15) is 14.7 Å². The first-order chi connectivity index (χ1) is 13.8. The van der Waals surface area contributed by atoms with E-state index in [1.165, 1.54) is 24.8 Å². The van der Waals surface area contributed by atoms with Gasteiger partial charge in [0.25, 0.3) is 5.91 Å². The maximum absolute atomic E-state index is 12.9. The number of carbonyl (C=O) groups is 2. The quantitative estimate of drug-likeness (QED) is 0.747. The molecule has 0 radical (unpaired) electrons. The number of aliphatic hydroxyl groups excluding tert-OH is 1. The molecule has 29 heavy (non-hydrogen) atoms. The van der Waals surface area contributed by atoms with Crippen LogP contribution in [0, 0.1) is 5.92 Å². The van der Waals surface area contributed by atoms with Crippen LogP contribution in [0.4, 0.5) is 0 Å². The lowest BCUT2D eigenvalue weighted by atomic mass is 9.90. The van der Waals surface area contributed by atoms with Crippen LogP contribution >= 0.6 is 0 Å². The Hall–Kier alpha value is -2.14. The van der Waals surface area contributed by atoms with Crippen LogP contribution in [0.15, 0.2) is 35.6 Å². The summed E-state index contributed by atoms with van der Waals surface area (Å²) in [6, 6.07) is 7.59. The highest BCUT2D eigenvalue weighted by molar-refractivity contribution is 6.09. The van der Waals surface area contributed by atoms with Crippen molar-refractivity contribution in [2.24, 2.45) is 5.92 Å². The molecule has 5 heteroatoms. The fraction of sp³-hybridized carbons (Fsp3) is 0.583. The summed E-state index contributed by atoms with van der Waals surface area (Å²) in [7, 11) is 0. The van der Waals surface area contributed by atoms with Gasteiger partial charge in [0.2, 0.25) is 0 Å². The average molecular weight is 399 g/mol. The second-order valence-corrected chi connectivity index (χ2v) is 8.91. The molecule has 1 N–H and O–H groups in total. The van der Waals surface area contributed by atoms with Crippen LogP contribution < -0.4 is 0 Å². The molecule has 0 aliphatic carbocycles. The molecule has 0 spiro atoms. The first-order valence-electron chi connectivity index (χ1n) is 10.9. The molecule has 1 unspecified atom stereocenters. The van der Waals surface area contributed by atoms with Gasteiger partial charge in [0, 0.05) is 19.0 Å². The molecule has 1 atom stereocenters. The van der Waals surface area contributed by atoms with Crippen molar-refractivity contribution in [3.63, 3.8) is 0 Å². The van der Waals surface area contributed by atoms with Crippen LogP contribution in [-0.2, 0) is 9.59 Å². The first-order valence-corrected chi connectivity index (χ1v) is 10.9. The van der Waals surface area contributed by atoms with Crippen LogP contribution in [-0.4, -0.2) is 52.8 Å². The number of hydrogen-bond donors (Lipinski definition) is 1. The number of Topliss-reactive ketones (excluding diaryl/α,β-unsaturated/α-hetero) is 1. The van der Waals surface area contributed by atoms with Crippen molar-refractivity contribution in [3.8, 4) is 0 Å². The standard InChI is InChI=1S/C24H34N2O3/c1-16(2)18-8-10-19(11-9-18)21-20(22(27)17(3)4)23(28)24(29)26(21)15-14-25-12-6-5-7-13-25/h8-11,16-17,21,28H,5-7,12-15H2,1-4H3. The summed E-state index contributed by atoms with van der Waals surface area (Å²) in [6.07, 6.45) is 3.64. The minimum absolute atomic E-state index is 0.158. The van der Waals surface area contributed by atoms with E-state index in [1.807, 2.05) is 26.0 Å². The van der Waals surface area contributed by atoms with Crippen LogP contribution in [0.25, 0.3) is 0 Å². The van der Waals surface area contributed by atoms with Gasteiger partial charge in [0.15, 0.2) is 11.5 Å². The minimum Gasteiger partial charge on any atom is -0.503 e. The Labute approximate surface area is 174 Å². The number of ketones is 1. The number of benzene rings is 1. The molecule has 2 aliphatic heterocycles. The molecule has 3 rings (SSSR count). The predicted octanol–water partition coefficient (Wildman–Crippen LogP) is 4.22. The van der Waals surface area contributed by atoms with Gasteiger partial charge < -0.3 is 14.9 Å². The van der Waals surface area contributed by atoms with Gasteiger partial charge >= 0.3 is 0 Å². The maximum atomic E-state index is 12.9. The normalized spacial score (nSPS) is 21.0. The van der Waals surface area contributed by atoms with Gasteiger partial charge in [-0.1, -0.05) is 58.4 Å². The highest BCUT2D eigenvalue weighted by Crippen LogP contribution is 2.39. The smallest absolute Gasteiger partial charge is 0.290 e. The van der Waals surface area contributed by atoms with Crippen molar-refractivity contribution in [1.29, 1.82) is 0 Å². The highest BCUT2D eigenvalue weighted by Gasteiger charge is 2.43. The SMILES string of the molecule is CC(C)C(=O)C1=C(O)C(=O)N(CCN2CCCCC2)C1c1ccc(C(C)C)cc1. The number of likely N-dealkylation sites (tertiary alicyclic amines) is 1. The van der Waals surface area contributed by atoms with E-state index in [4.69, 9.17) is 0 Å². The maximum Gasteiger partial charge on any atom is 0.290 e. The van der Waals surface area contributed by atoms with Crippen LogP contribution in [0.1, 0.15) is 70.0 Å². The molecule has 2 aliphatic rings. The van der Waals surface area contributed by atoms with E-state index in [-0.39, 0.29) is 23.0 Å². The highest BCUT2D eigenvalue weighted by atomic mass is 16.3. The Morgan fingerprint density at radius 3 is 2.21 bits per heavy atom. The average Bonchev–Trinajstić information content (AvgIpc) is 2.97. The molecule has 2 heterocycles. The summed E-state index contributed by atoms with van der Waals surface area (Å²) in [6.45, 7) is 11.3. The second-order valence-electron chi connectivity index (χ2n) is 8.91. The third-order valence-electron chi connectivity index (χ3n) is 6.12. The lowest BCUT2D eigenvalue weighted by Gasteiger charge is -2.32. The third kappa shape index (κ3) is 4.55. The molecule has 1 fully saturated rings. The molecule has 1 amide bonds. The fourth-order valence-corrected chi connectivity index (χ4v) is 4.29. The number of nitrogens with zero attached hydrogens (tertiary/aromatic N) is 2. The number of hydrogen-bond acceptors (Lipinski definition) is 4. The van der Waals surface area contributed by atoms with Gasteiger partial charge in [-0.2, -0.15) is 0 Å². The van der Waals surface area contributed by atoms with Gasteiger partial charge in [0.05, 0.1) is 11.6 Å². The lowest BCUT2D eigenvalue weighted by molar-refractivity contribution is -0.129. The number of piperidine rings is 1. The van der Waals surface area contributed by atoms with Gasteiger partial charge in [-0.05, 0) is 43.0 Å². The molecule has 158 valence electrons. The topological polar surface area (TPSA) is 60.9 Å². The number of amides is 1. The fourth-order valence-electron chi connectivity index (χ4n) is 4.29. The van der Waals surface area contributed by atoms with Crippen molar-refractivity contribution in [2.75, 3.05) is 26.2 Å². The molecule has 1 aromatic carbocycles. The third-order valence-corrected chi connectivity index (χ3v) is 6.12. The summed E-state index contributed by atoms with van der Waals surface area (Å²) in [4.78, 5) is 29.9. The molecule has 0 aromatic heterocycles. The zero-order valence-electron chi connectivity index (χ0n) is 18.1. The van der Waals surface area contributed by atoms with Crippen molar-refractivity contribution in [2.45, 2.75) is 58.9 Å². The zero-order valence-corrected chi connectivity index (χ0v) is 18.1. The summed E-state index contributed by atoms with van der Waals surface area (Å²) in [5, 5.41) is 10.6. The Morgan fingerprint density at radius 1 is 1.03 bits per heavy atom. The van der Waals surface area contributed by atoms with Gasteiger partial charge in [-0.15, -0.1) is 0 Å². The Kier molecular flexibility index (Phi) is 6.78. The Morgan fingerprint density at radius 2 is 1.66 bits per heavy atom. The molecule has 0 bridgehead atoms. The number of rotatable bonds is 7. The molecular weight excluding hydrogens is 364 g/mol. The summed E-state index contributed by atoms with van der Waals surface area (Å²) in [5.74, 6) is -0.830. The Balaban J connectivity index is 1.91. The summed E-state index contributed by atoms with van der Waals surface area (Å²) >= 11 is 0. The van der Waals surface area contributed by atoms with Crippen LogP contribution in [0.5, 0.6) is 0 Å². The minimum atomic E-state index is -0.511. The van der Waals surface area contributed by atoms with Gasteiger partial charge in [0.1, 0.15) is 0 Å². The van der Waals surface area contributed by atoms with Crippen molar-refractivity contribution < 1.29 is 14.7 Å². The number of carbonyl (C=O) groups excluding carboxylic acids is 2. The molecular formula is C24H34N2O3. The molecule has 1 aromatic rings. The van der Waals surface area contributed by atoms with E-state index in [0.29, 0.717) is 12.5 Å². The molecule has 5 nitrogen and oxygen atoms in total. The lowest BCUT2D eigenvalue weighted by Crippen LogP contribution is -2.40. The zero-order chi connectivity index (χ0) is 21.1. The summed E-state index contributed by atoms with van der Waals surface area (Å²) in [5.41, 5.74) is 2.35. The van der Waals surface area contributed by atoms with E-state index >= 15 is 0 Å². The predicted molar refractivity (Wildman–Crippen MR) is 115 cm³/mol. The van der Waals surface area contributed by atoms with Crippen LogP contribution in [0.3, 0.4) is 0 Å². The van der Waals surface area contributed by atoms with Crippen molar-refractivity contribution in [3.05, 3.63) is 46.7 Å². The number of aliphatic hydroxyl groups is 1. The van der Waals surface area contributed by atoms with E-state index in [2.05, 4.69) is 30.9 Å². The van der Waals surface area contributed by atoms with Crippen molar-refractivity contribution >= 4 is 11.7 Å². The van der Waals surface area contributed by atoms with Crippen molar-refractivity contribution in [1.82, 2.24) is 9.80 Å². The van der Waals surface area contributed by atoms with E-state index in [1.54, 1.807) is 4.90 Å².